The molecule has 0 aromatic rings. The van der Waals surface area contributed by atoms with E-state index >= 15 is 0 Å². The lowest BCUT2D eigenvalue weighted by Crippen LogP contribution is -2.11. The Bertz CT molecular complexity index is 56.0. The molecule has 0 unspecified atom stereocenters. The van der Waals surface area contributed by atoms with Crippen LogP contribution < -0.4 is 0 Å². The Morgan fingerprint density at radius 3 is 2.12 bits per heavy atom. The van der Waals surface area contributed by atoms with Crippen molar-refractivity contribution in [3.05, 3.63) is 0 Å². The molecule has 0 aliphatic heterocycles. The van der Waals surface area contributed by atoms with Crippen molar-refractivity contribution < 1.29 is 9.50 Å². The van der Waals surface area contributed by atoms with Gasteiger partial charge in [0, 0.05) is 6.61 Å². The summed E-state index contributed by atoms with van der Waals surface area (Å²) < 4.78 is 12.5. The third-order valence-corrected chi connectivity index (χ3v) is 0.929. The Morgan fingerprint density at radius 2 is 2.00 bits per heavy atom. The normalized spacial score (nSPS) is 12.0. The molecule has 1 nitrogen and oxygen atoms in total. The second kappa shape index (κ2) is 3.02. The van der Waals surface area contributed by atoms with Crippen LogP contribution in [0.25, 0.3) is 0 Å². The molecule has 0 heterocycles. The fourth-order valence-electron chi connectivity index (χ4n) is 0.499. The van der Waals surface area contributed by atoms with Gasteiger partial charge in [0.05, 0.1) is 0 Å². The van der Waals surface area contributed by atoms with Crippen LogP contribution in [0.1, 0.15) is 26.7 Å². The largest absolute Gasteiger partial charge is 0.396 e. The van der Waals surface area contributed by atoms with E-state index in [2.05, 4.69) is 0 Å². The monoisotopic (exact) mass is 120 g/mol. The highest BCUT2D eigenvalue weighted by atomic mass is 19.1. The lowest BCUT2D eigenvalue weighted by atomic mass is 10.1. The number of aliphatic hydroxyl groups is 1. The summed E-state index contributed by atoms with van der Waals surface area (Å²) in [5.74, 6) is 0. The van der Waals surface area contributed by atoms with Crippen LogP contribution in [0.2, 0.25) is 0 Å². The van der Waals surface area contributed by atoms with Crippen LogP contribution >= 0.6 is 0 Å². The van der Waals surface area contributed by atoms with Crippen molar-refractivity contribution in [2.75, 3.05) is 6.61 Å². The van der Waals surface area contributed by atoms with E-state index in [1.54, 1.807) is 0 Å². The van der Waals surface area contributed by atoms with Gasteiger partial charge in [0.25, 0.3) is 0 Å². The first-order valence-corrected chi connectivity index (χ1v) is 2.86. The molecule has 0 saturated heterocycles. The van der Waals surface area contributed by atoms with Crippen molar-refractivity contribution in [2.24, 2.45) is 0 Å². The SMILES string of the molecule is CC(C)(F)CCCO. The standard InChI is InChI=1S/C6H13FO/c1-6(2,7)4-3-5-8/h8H,3-5H2,1-2H3. The van der Waals surface area contributed by atoms with Gasteiger partial charge in [0.15, 0.2) is 0 Å². The van der Waals surface area contributed by atoms with Crippen LogP contribution in [0, 0.1) is 0 Å². The van der Waals surface area contributed by atoms with E-state index in [1.165, 1.54) is 13.8 Å². The lowest BCUT2D eigenvalue weighted by Gasteiger charge is -2.11. The van der Waals surface area contributed by atoms with Crippen molar-refractivity contribution >= 4 is 0 Å². The maximum absolute atomic E-state index is 12.5. The summed E-state index contributed by atoms with van der Waals surface area (Å²) in [5, 5.41) is 8.26. The van der Waals surface area contributed by atoms with Crippen molar-refractivity contribution in [2.45, 2.75) is 32.4 Å². The van der Waals surface area contributed by atoms with Crippen LogP contribution in [0.3, 0.4) is 0 Å². The number of halogens is 1. The zero-order valence-electron chi connectivity index (χ0n) is 5.45. The van der Waals surface area contributed by atoms with E-state index < -0.39 is 5.67 Å². The molecule has 50 valence electrons. The van der Waals surface area contributed by atoms with Crippen LogP contribution in [0.4, 0.5) is 4.39 Å². The molecule has 0 aliphatic carbocycles. The molecule has 0 aliphatic rings. The molecule has 0 amide bonds. The van der Waals surface area contributed by atoms with Crippen molar-refractivity contribution in [3.63, 3.8) is 0 Å². The fraction of sp³-hybridized carbons (Fsp3) is 1.00. The first-order chi connectivity index (χ1) is 3.56. The average molecular weight is 120 g/mol. The zero-order chi connectivity index (χ0) is 6.62. The van der Waals surface area contributed by atoms with Crippen molar-refractivity contribution in [1.29, 1.82) is 0 Å². The molecule has 1 N–H and O–H groups in total. The van der Waals surface area contributed by atoms with Crippen LogP contribution in [-0.4, -0.2) is 17.4 Å². The van der Waals surface area contributed by atoms with E-state index in [-0.39, 0.29) is 6.61 Å². The second-order valence-corrected chi connectivity index (χ2v) is 2.55. The maximum Gasteiger partial charge on any atom is 0.105 e. The smallest absolute Gasteiger partial charge is 0.105 e. The van der Waals surface area contributed by atoms with Gasteiger partial charge in [-0.2, -0.15) is 0 Å². The number of alkyl halides is 1. The minimum atomic E-state index is -1.11. The van der Waals surface area contributed by atoms with E-state index in [1.807, 2.05) is 0 Å². The summed E-state index contributed by atoms with van der Waals surface area (Å²) in [6.07, 6.45) is 1.01. The summed E-state index contributed by atoms with van der Waals surface area (Å²) in [6.45, 7) is 3.12. The third kappa shape index (κ3) is 5.89. The van der Waals surface area contributed by atoms with Crippen molar-refractivity contribution in [1.82, 2.24) is 0 Å². The van der Waals surface area contributed by atoms with Gasteiger partial charge in [-0.1, -0.05) is 0 Å². The van der Waals surface area contributed by atoms with Gasteiger partial charge < -0.3 is 5.11 Å². The highest BCUT2D eigenvalue weighted by Crippen LogP contribution is 2.14. The van der Waals surface area contributed by atoms with Crippen LogP contribution in [-0.2, 0) is 0 Å². The third-order valence-electron chi connectivity index (χ3n) is 0.929. The second-order valence-electron chi connectivity index (χ2n) is 2.55. The van der Waals surface area contributed by atoms with E-state index in [0.717, 1.165) is 0 Å². The minimum absolute atomic E-state index is 0.0906. The van der Waals surface area contributed by atoms with Gasteiger partial charge >= 0.3 is 0 Å². The molecule has 0 spiro atoms. The van der Waals surface area contributed by atoms with Gasteiger partial charge in [-0.25, -0.2) is 4.39 Å². The van der Waals surface area contributed by atoms with E-state index in [9.17, 15) is 4.39 Å². The Morgan fingerprint density at radius 1 is 1.50 bits per heavy atom. The molecule has 0 bridgehead atoms. The average Bonchev–Trinajstić information content (AvgIpc) is 1.59. The molecule has 0 aromatic heterocycles. The Kier molecular flexibility index (Phi) is 2.98. The summed E-state index contributed by atoms with van der Waals surface area (Å²) >= 11 is 0. The molecular formula is C6H13FO. The molecule has 0 aromatic carbocycles. The number of hydrogen-bond acceptors (Lipinski definition) is 1. The molecular weight excluding hydrogens is 107 g/mol. The predicted octanol–water partition coefficient (Wildman–Crippen LogP) is 1.51. The number of rotatable bonds is 3. The van der Waals surface area contributed by atoms with Crippen LogP contribution in [0.15, 0.2) is 0 Å². The summed E-state index contributed by atoms with van der Waals surface area (Å²) in [6, 6.07) is 0. The van der Waals surface area contributed by atoms with Gasteiger partial charge in [-0.05, 0) is 26.7 Å². The Labute approximate surface area is 49.5 Å². The van der Waals surface area contributed by atoms with E-state index in [4.69, 9.17) is 5.11 Å². The topological polar surface area (TPSA) is 20.2 Å². The number of hydrogen-bond donors (Lipinski definition) is 1. The molecule has 8 heavy (non-hydrogen) atoms. The molecule has 0 atom stereocenters. The highest BCUT2D eigenvalue weighted by molar-refractivity contribution is 4.64. The Balaban J connectivity index is 3.11. The first-order valence-electron chi connectivity index (χ1n) is 2.86. The summed E-state index contributed by atoms with van der Waals surface area (Å²) in [4.78, 5) is 0. The Hall–Kier alpha value is -0.110. The van der Waals surface area contributed by atoms with E-state index in [0.29, 0.717) is 12.8 Å². The van der Waals surface area contributed by atoms with Gasteiger partial charge in [0.2, 0.25) is 0 Å². The molecule has 2 heteroatoms. The maximum atomic E-state index is 12.5. The van der Waals surface area contributed by atoms with Gasteiger partial charge in [-0.15, -0.1) is 0 Å². The zero-order valence-corrected chi connectivity index (χ0v) is 5.45. The van der Waals surface area contributed by atoms with Crippen molar-refractivity contribution in [3.8, 4) is 0 Å². The fourth-order valence-corrected chi connectivity index (χ4v) is 0.499. The lowest BCUT2D eigenvalue weighted by molar-refractivity contribution is 0.175. The quantitative estimate of drug-likeness (QED) is 0.598. The molecule has 0 saturated carbocycles. The highest BCUT2D eigenvalue weighted by Gasteiger charge is 2.13. The predicted molar refractivity (Wildman–Crippen MR) is 31.5 cm³/mol. The van der Waals surface area contributed by atoms with Crippen LogP contribution in [0.5, 0.6) is 0 Å². The van der Waals surface area contributed by atoms with Gasteiger partial charge in [0.1, 0.15) is 5.67 Å². The van der Waals surface area contributed by atoms with Gasteiger partial charge in [-0.3, -0.25) is 0 Å². The minimum Gasteiger partial charge on any atom is -0.396 e. The first kappa shape index (κ1) is 7.89. The number of aliphatic hydroxyl groups excluding tert-OH is 1. The molecule has 0 rings (SSSR count). The molecule has 0 fully saturated rings. The molecule has 0 radical (unpaired) electrons. The summed E-state index contributed by atoms with van der Waals surface area (Å²) in [7, 11) is 0. The summed E-state index contributed by atoms with van der Waals surface area (Å²) in [5.41, 5.74) is -1.11.